The quantitative estimate of drug-likeness (QED) is 0.165. The molecule has 5 aliphatic rings. The molecule has 0 spiro atoms. The molecule has 0 saturated heterocycles. The summed E-state index contributed by atoms with van der Waals surface area (Å²) >= 11 is 0. The molecule has 8 bridgehead atoms. The Hall–Kier alpha value is -6.37. The highest BCUT2D eigenvalue weighted by Gasteiger charge is 2.30. The zero-order chi connectivity index (χ0) is 45.2. The first-order valence-electron chi connectivity index (χ1n) is 21.8. The maximum atomic E-state index is 13.1. The van der Waals surface area contributed by atoms with Gasteiger partial charge in [-0.05, 0) is 172 Å². The van der Waals surface area contributed by atoms with Crippen LogP contribution in [0.1, 0.15) is 77.9 Å². The van der Waals surface area contributed by atoms with E-state index in [2.05, 4.69) is 147 Å². The van der Waals surface area contributed by atoms with Gasteiger partial charge in [-0.2, -0.15) is 0 Å². The molecule has 4 aromatic rings. The first-order chi connectivity index (χ1) is 30.6. The van der Waals surface area contributed by atoms with E-state index in [9.17, 15) is 4.57 Å². The molecule has 0 amide bonds. The topological polar surface area (TPSA) is 85.0 Å². The minimum absolute atomic E-state index is 0.153. The van der Waals surface area contributed by atoms with Gasteiger partial charge in [0.1, 0.15) is 0 Å². The van der Waals surface area contributed by atoms with Gasteiger partial charge >= 0.3 is 7.60 Å². The summed E-state index contributed by atoms with van der Waals surface area (Å²) < 4.78 is 23.7. The van der Waals surface area contributed by atoms with Gasteiger partial charge in [-0.15, -0.1) is 0 Å². The molecule has 0 aromatic heterocycles. The molecular weight excluding hydrogens is 808 g/mol. The van der Waals surface area contributed by atoms with Crippen molar-refractivity contribution in [2.24, 2.45) is 20.0 Å². The Morgan fingerprint density at radius 1 is 0.406 bits per heavy atom. The van der Waals surface area contributed by atoms with Gasteiger partial charge in [0, 0.05) is 36.5 Å². The van der Waals surface area contributed by atoms with Crippen LogP contribution in [-0.4, -0.2) is 37.1 Å². The van der Waals surface area contributed by atoms with E-state index in [1.54, 1.807) is 0 Å². The van der Waals surface area contributed by atoms with E-state index in [1.165, 1.54) is 42.0 Å². The zero-order valence-corrected chi connectivity index (χ0v) is 39.5. The van der Waals surface area contributed by atoms with Gasteiger partial charge in [0.15, 0.2) is 0 Å². The van der Waals surface area contributed by atoms with Crippen molar-refractivity contribution in [2.75, 3.05) is 14.2 Å². The Morgan fingerprint density at radius 2 is 0.688 bits per heavy atom. The first kappa shape index (κ1) is 42.9. The minimum atomic E-state index is -3.28. The molecule has 0 atom stereocenters. The monoisotopic (exact) mass is 860 g/mol. The number of aryl methyl sites for hydroxylation is 9. The standard InChI is InChI=1S/C56H53N4O3P/c1-31-24-34(4)50(35(5)25-31)54-44-18-16-42(57-44)53(41-14-12-40(13-15-41)30-64(61,62-10)63-11)43-17-19-45(58-43)55(51-36(6)26-32(2)27-37(51)7)47-21-23-49(60-47)56(48-22-20-46(54)59-48)52-38(8)28-33(3)29-39(52)9/h12-29H,30H2,1-11H3. The summed E-state index contributed by atoms with van der Waals surface area (Å²) in [5.41, 5.74) is 26.1. The van der Waals surface area contributed by atoms with E-state index >= 15 is 0 Å². The molecule has 8 heteroatoms. The van der Waals surface area contributed by atoms with E-state index in [-0.39, 0.29) is 6.16 Å². The number of nitrogens with zero attached hydrogens (tertiary/aromatic N) is 4. The highest BCUT2D eigenvalue weighted by molar-refractivity contribution is 7.52. The molecule has 0 unspecified atom stereocenters. The largest absolute Gasteiger partial charge is 0.334 e. The van der Waals surface area contributed by atoms with Crippen LogP contribution in [0.15, 0.2) is 152 Å². The van der Waals surface area contributed by atoms with Crippen molar-refractivity contribution in [2.45, 2.75) is 68.5 Å². The molecule has 320 valence electrons. The Labute approximate surface area is 377 Å². The van der Waals surface area contributed by atoms with Crippen LogP contribution in [0.3, 0.4) is 0 Å². The number of hydrogen-bond acceptors (Lipinski definition) is 7. The smallest absolute Gasteiger partial charge is 0.312 e. The lowest BCUT2D eigenvalue weighted by Crippen LogP contribution is -2.07. The first-order valence-corrected chi connectivity index (χ1v) is 23.5. The fraction of sp³-hybridized carbons (Fsp3) is 0.214. The Bertz CT molecular complexity index is 3060. The predicted octanol–water partition coefficient (Wildman–Crippen LogP) is 13.5. The van der Waals surface area contributed by atoms with Crippen LogP contribution < -0.4 is 0 Å². The Kier molecular flexibility index (Phi) is 11.2. The number of rotatable bonds is 8. The van der Waals surface area contributed by atoms with Crippen molar-refractivity contribution in [1.29, 1.82) is 0 Å². The second-order valence-corrected chi connectivity index (χ2v) is 19.8. The molecular formula is C56H53N4O3P. The average molecular weight is 861 g/mol. The average Bonchev–Trinajstić information content (AvgIpc) is 4.09. The number of aliphatic imine (C=N–C) groups is 4. The second kappa shape index (κ2) is 16.6. The highest BCUT2D eigenvalue weighted by atomic mass is 31.2. The van der Waals surface area contributed by atoms with E-state index in [4.69, 9.17) is 29.0 Å². The van der Waals surface area contributed by atoms with Crippen LogP contribution in [-0.2, 0) is 19.8 Å². The van der Waals surface area contributed by atoms with Gasteiger partial charge in [-0.25, -0.2) is 20.0 Å². The van der Waals surface area contributed by atoms with Crippen molar-refractivity contribution in [1.82, 2.24) is 0 Å². The van der Waals surface area contributed by atoms with Crippen molar-refractivity contribution in [3.05, 3.63) is 210 Å². The Balaban J connectivity index is 1.38. The van der Waals surface area contributed by atoms with E-state index in [1.807, 2.05) is 24.3 Å². The molecule has 0 N–H and O–H groups in total. The van der Waals surface area contributed by atoms with Crippen molar-refractivity contribution < 1.29 is 13.6 Å². The third-order valence-electron chi connectivity index (χ3n) is 12.6. The van der Waals surface area contributed by atoms with Gasteiger partial charge in [-0.3, -0.25) is 4.57 Å². The lowest BCUT2D eigenvalue weighted by atomic mass is 9.89. The molecule has 0 aliphatic carbocycles. The number of benzene rings is 4. The van der Waals surface area contributed by atoms with Crippen LogP contribution >= 0.6 is 7.60 Å². The number of allylic oxidation sites excluding steroid dienone is 12. The molecule has 0 radical (unpaired) electrons. The summed E-state index contributed by atoms with van der Waals surface area (Å²) in [7, 11) is -0.446. The molecule has 4 aromatic carbocycles. The summed E-state index contributed by atoms with van der Waals surface area (Å²) in [5, 5.41) is 0. The highest BCUT2D eigenvalue weighted by Crippen LogP contribution is 2.50. The van der Waals surface area contributed by atoms with Crippen LogP contribution in [0.25, 0.3) is 22.3 Å². The van der Waals surface area contributed by atoms with Crippen LogP contribution in [0.4, 0.5) is 0 Å². The lowest BCUT2D eigenvalue weighted by Gasteiger charge is -2.18. The summed E-state index contributed by atoms with van der Waals surface area (Å²) in [5.74, 6) is 0. The predicted molar refractivity (Wildman–Crippen MR) is 268 cm³/mol. The van der Waals surface area contributed by atoms with E-state index < -0.39 is 7.60 Å². The third kappa shape index (κ3) is 7.72. The number of fused-ring (bicyclic) bond motifs is 4. The van der Waals surface area contributed by atoms with Gasteiger partial charge in [-0.1, -0.05) is 77.4 Å². The van der Waals surface area contributed by atoms with E-state index in [0.717, 1.165) is 118 Å². The van der Waals surface area contributed by atoms with Gasteiger partial charge < -0.3 is 9.05 Å². The van der Waals surface area contributed by atoms with Crippen LogP contribution in [0, 0.1) is 62.3 Å². The summed E-state index contributed by atoms with van der Waals surface area (Å²) in [6, 6.07) is 21.5. The van der Waals surface area contributed by atoms with Crippen molar-refractivity contribution >= 4 is 52.7 Å². The van der Waals surface area contributed by atoms with Gasteiger partial charge in [0.25, 0.3) is 0 Å². The zero-order valence-electron chi connectivity index (χ0n) is 38.6. The molecule has 7 nitrogen and oxygen atoms in total. The van der Waals surface area contributed by atoms with Gasteiger partial charge in [0.05, 0.1) is 51.8 Å². The van der Waals surface area contributed by atoms with E-state index in [0.29, 0.717) is 0 Å². The van der Waals surface area contributed by atoms with Crippen LogP contribution in [0.2, 0.25) is 0 Å². The summed E-state index contributed by atoms with van der Waals surface area (Å²) in [4.78, 5) is 22.2. The summed E-state index contributed by atoms with van der Waals surface area (Å²) in [6.45, 7) is 19.5. The third-order valence-corrected chi connectivity index (χ3v) is 14.4. The van der Waals surface area contributed by atoms with Crippen LogP contribution in [0.5, 0.6) is 0 Å². The minimum Gasteiger partial charge on any atom is -0.312 e. The molecule has 9 rings (SSSR count). The maximum Gasteiger partial charge on any atom is 0.334 e. The number of hydrogen-bond donors (Lipinski definition) is 0. The molecule has 0 fully saturated rings. The fourth-order valence-corrected chi connectivity index (χ4v) is 11.1. The summed E-state index contributed by atoms with van der Waals surface area (Å²) in [6.07, 6.45) is 17.1. The maximum absolute atomic E-state index is 13.1. The molecule has 5 heterocycles. The molecule has 64 heavy (non-hydrogen) atoms. The fourth-order valence-electron chi connectivity index (χ4n) is 10.1. The Morgan fingerprint density at radius 3 is 0.984 bits per heavy atom. The normalized spacial score (nSPS) is 16.8. The SMILES string of the molecule is COP(=O)(Cc1ccc(C2=C3C=CC(=N3)C(c3c(C)cc(C)cc3C)=C3C=CC(=N3)C(c3c(C)cc(C)cc3C)=C3C=CC(=N3)C(c3c(C)cc(C)cc3C)=C3C=CC2=N3)cc1)OC. The van der Waals surface area contributed by atoms with Crippen molar-refractivity contribution in [3.8, 4) is 0 Å². The van der Waals surface area contributed by atoms with Gasteiger partial charge in [0.2, 0.25) is 0 Å². The molecule has 5 aliphatic heterocycles. The second-order valence-electron chi connectivity index (χ2n) is 17.5. The lowest BCUT2D eigenvalue weighted by molar-refractivity contribution is 0.275. The molecule has 0 saturated carbocycles. The van der Waals surface area contributed by atoms with Crippen molar-refractivity contribution in [3.63, 3.8) is 0 Å².